The van der Waals surface area contributed by atoms with Gasteiger partial charge in [-0.05, 0) is 31.1 Å². The Bertz CT molecular complexity index is 274. The summed E-state index contributed by atoms with van der Waals surface area (Å²) in [6, 6.07) is -0.251. The minimum Gasteiger partial charge on any atom is -0.341 e. The van der Waals surface area contributed by atoms with Crippen LogP contribution < -0.4 is 5.73 Å². The van der Waals surface area contributed by atoms with Gasteiger partial charge in [0.15, 0.2) is 0 Å². The second-order valence-corrected chi connectivity index (χ2v) is 6.38. The summed E-state index contributed by atoms with van der Waals surface area (Å²) >= 11 is 0. The van der Waals surface area contributed by atoms with Crippen LogP contribution in [0.2, 0.25) is 0 Å². The number of piperidine rings is 1. The molecule has 1 aliphatic carbocycles. The van der Waals surface area contributed by atoms with Gasteiger partial charge in [0.2, 0.25) is 5.91 Å². The van der Waals surface area contributed by atoms with Crippen molar-refractivity contribution in [2.24, 2.45) is 17.6 Å². The third-order valence-corrected chi connectivity index (χ3v) is 4.60. The van der Waals surface area contributed by atoms with Gasteiger partial charge in [0.05, 0.1) is 6.04 Å². The maximum atomic E-state index is 12.3. The number of carbonyl (C=O) groups excluding carboxylic acids is 1. The molecule has 0 aromatic rings. The van der Waals surface area contributed by atoms with E-state index < -0.39 is 0 Å². The zero-order valence-corrected chi connectivity index (χ0v) is 11.7. The molecule has 18 heavy (non-hydrogen) atoms. The fourth-order valence-electron chi connectivity index (χ4n) is 3.51. The van der Waals surface area contributed by atoms with Gasteiger partial charge in [-0.25, -0.2) is 0 Å². The van der Waals surface area contributed by atoms with Gasteiger partial charge in [-0.1, -0.05) is 39.0 Å². The first kappa shape index (κ1) is 13.9. The van der Waals surface area contributed by atoms with Crippen molar-refractivity contribution in [2.45, 2.75) is 64.3 Å². The standard InChI is InChI=1S/C15H28N2O/c1-12-6-5-9-17(11-12)15(18)14(16)10-13-7-3-2-4-8-13/h12-14H,2-11,16H2,1H3. The molecule has 2 unspecified atom stereocenters. The second kappa shape index (κ2) is 6.55. The fraction of sp³-hybridized carbons (Fsp3) is 0.933. The van der Waals surface area contributed by atoms with Crippen molar-refractivity contribution in [2.75, 3.05) is 13.1 Å². The third kappa shape index (κ3) is 3.71. The normalized spacial score (nSPS) is 28.1. The molecule has 2 rings (SSSR count). The molecule has 0 bridgehead atoms. The monoisotopic (exact) mass is 252 g/mol. The van der Waals surface area contributed by atoms with Crippen molar-refractivity contribution in [1.29, 1.82) is 0 Å². The first-order valence-electron chi connectivity index (χ1n) is 7.71. The Balaban J connectivity index is 1.79. The highest BCUT2D eigenvalue weighted by atomic mass is 16.2. The van der Waals surface area contributed by atoms with Crippen molar-refractivity contribution in [1.82, 2.24) is 4.90 Å². The Morgan fingerprint density at radius 1 is 1.22 bits per heavy atom. The number of rotatable bonds is 3. The average Bonchev–Trinajstić information content (AvgIpc) is 2.39. The molecule has 2 fully saturated rings. The maximum Gasteiger partial charge on any atom is 0.239 e. The van der Waals surface area contributed by atoms with Crippen LogP contribution >= 0.6 is 0 Å². The van der Waals surface area contributed by atoms with Crippen LogP contribution in [0.15, 0.2) is 0 Å². The number of likely N-dealkylation sites (tertiary alicyclic amines) is 1. The molecule has 0 spiro atoms. The molecule has 3 heteroatoms. The van der Waals surface area contributed by atoms with Gasteiger partial charge >= 0.3 is 0 Å². The van der Waals surface area contributed by atoms with Gasteiger partial charge in [-0.3, -0.25) is 4.79 Å². The summed E-state index contributed by atoms with van der Waals surface area (Å²) in [5.74, 6) is 1.54. The molecule has 0 radical (unpaired) electrons. The molecule has 104 valence electrons. The summed E-state index contributed by atoms with van der Waals surface area (Å²) in [5.41, 5.74) is 6.13. The predicted molar refractivity (Wildman–Crippen MR) is 74.1 cm³/mol. The topological polar surface area (TPSA) is 46.3 Å². The molecule has 2 aliphatic rings. The van der Waals surface area contributed by atoms with Crippen LogP contribution in [0.3, 0.4) is 0 Å². The number of nitrogens with two attached hydrogens (primary N) is 1. The quantitative estimate of drug-likeness (QED) is 0.839. The number of nitrogens with zero attached hydrogens (tertiary/aromatic N) is 1. The van der Waals surface area contributed by atoms with Gasteiger partial charge in [0, 0.05) is 13.1 Å². The second-order valence-electron chi connectivity index (χ2n) is 6.38. The molecule has 1 aliphatic heterocycles. The van der Waals surface area contributed by atoms with E-state index >= 15 is 0 Å². The maximum absolute atomic E-state index is 12.3. The van der Waals surface area contributed by atoms with E-state index in [1.54, 1.807) is 0 Å². The smallest absolute Gasteiger partial charge is 0.239 e. The molecule has 1 saturated heterocycles. The highest BCUT2D eigenvalue weighted by molar-refractivity contribution is 5.81. The Labute approximate surface area is 111 Å². The van der Waals surface area contributed by atoms with Gasteiger partial charge in [0.25, 0.3) is 0 Å². The largest absolute Gasteiger partial charge is 0.341 e. The van der Waals surface area contributed by atoms with Gasteiger partial charge < -0.3 is 10.6 Å². The lowest BCUT2D eigenvalue weighted by atomic mass is 9.84. The molecule has 2 N–H and O–H groups in total. The van der Waals surface area contributed by atoms with Crippen molar-refractivity contribution in [3.8, 4) is 0 Å². The van der Waals surface area contributed by atoms with Crippen LogP contribution in [0.25, 0.3) is 0 Å². The third-order valence-electron chi connectivity index (χ3n) is 4.60. The van der Waals surface area contributed by atoms with Crippen LogP contribution in [0.4, 0.5) is 0 Å². The van der Waals surface area contributed by atoms with E-state index in [1.165, 1.54) is 38.5 Å². The number of amides is 1. The Morgan fingerprint density at radius 3 is 2.61 bits per heavy atom. The van der Waals surface area contributed by atoms with Crippen molar-refractivity contribution >= 4 is 5.91 Å². The molecule has 1 saturated carbocycles. The van der Waals surface area contributed by atoms with Crippen LogP contribution in [-0.4, -0.2) is 29.9 Å². The Kier molecular flexibility index (Phi) is 5.04. The summed E-state index contributed by atoms with van der Waals surface area (Å²) in [6.45, 7) is 4.06. The SMILES string of the molecule is CC1CCCN(C(=O)C(N)CC2CCCCC2)C1. The average molecular weight is 252 g/mol. The minimum atomic E-state index is -0.251. The van der Waals surface area contributed by atoms with E-state index in [-0.39, 0.29) is 11.9 Å². The van der Waals surface area contributed by atoms with E-state index in [1.807, 2.05) is 4.90 Å². The molecule has 2 atom stereocenters. The lowest BCUT2D eigenvalue weighted by Gasteiger charge is -2.34. The lowest BCUT2D eigenvalue weighted by Crippen LogP contribution is -2.48. The highest BCUT2D eigenvalue weighted by Gasteiger charge is 2.27. The van der Waals surface area contributed by atoms with Crippen molar-refractivity contribution in [3.63, 3.8) is 0 Å². The minimum absolute atomic E-state index is 0.201. The van der Waals surface area contributed by atoms with Crippen LogP contribution in [0.5, 0.6) is 0 Å². The van der Waals surface area contributed by atoms with Crippen LogP contribution in [0.1, 0.15) is 58.3 Å². The van der Waals surface area contributed by atoms with E-state index in [0.29, 0.717) is 11.8 Å². The molecular formula is C15H28N2O. The summed E-state index contributed by atoms with van der Waals surface area (Å²) in [7, 11) is 0. The van der Waals surface area contributed by atoms with E-state index in [9.17, 15) is 4.79 Å². The summed E-state index contributed by atoms with van der Waals surface area (Å²) in [4.78, 5) is 14.3. The number of hydrogen-bond donors (Lipinski definition) is 1. The highest BCUT2D eigenvalue weighted by Crippen LogP contribution is 2.27. The Hall–Kier alpha value is -0.570. The first-order chi connectivity index (χ1) is 8.66. The van der Waals surface area contributed by atoms with Gasteiger partial charge in [0.1, 0.15) is 0 Å². The molecule has 0 aromatic carbocycles. The van der Waals surface area contributed by atoms with E-state index in [4.69, 9.17) is 5.73 Å². The molecular weight excluding hydrogens is 224 g/mol. The summed E-state index contributed by atoms with van der Waals surface area (Å²) < 4.78 is 0. The molecule has 3 nitrogen and oxygen atoms in total. The molecule has 0 aromatic heterocycles. The number of hydrogen-bond acceptors (Lipinski definition) is 2. The van der Waals surface area contributed by atoms with E-state index in [2.05, 4.69) is 6.92 Å². The zero-order valence-electron chi connectivity index (χ0n) is 11.7. The summed E-state index contributed by atoms with van der Waals surface area (Å²) in [6.07, 6.45) is 9.87. The summed E-state index contributed by atoms with van der Waals surface area (Å²) in [5, 5.41) is 0. The van der Waals surface area contributed by atoms with Crippen molar-refractivity contribution in [3.05, 3.63) is 0 Å². The molecule has 1 heterocycles. The fourth-order valence-corrected chi connectivity index (χ4v) is 3.51. The molecule has 1 amide bonds. The van der Waals surface area contributed by atoms with Crippen LogP contribution in [0, 0.1) is 11.8 Å². The Morgan fingerprint density at radius 2 is 1.94 bits per heavy atom. The number of carbonyl (C=O) groups is 1. The van der Waals surface area contributed by atoms with Crippen molar-refractivity contribution < 1.29 is 4.79 Å². The van der Waals surface area contributed by atoms with Gasteiger partial charge in [-0.15, -0.1) is 0 Å². The predicted octanol–water partition coefficient (Wildman–Crippen LogP) is 2.54. The lowest BCUT2D eigenvalue weighted by molar-refractivity contribution is -0.134. The van der Waals surface area contributed by atoms with Crippen LogP contribution in [-0.2, 0) is 4.79 Å². The zero-order chi connectivity index (χ0) is 13.0. The first-order valence-corrected chi connectivity index (χ1v) is 7.71. The van der Waals surface area contributed by atoms with Gasteiger partial charge in [-0.2, -0.15) is 0 Å². The van der Waals surface area contributed by atoms with E-state index in [0.717, 1.165) is 25.9 Å².